The second-order valence-corrected chi connectivity index (χ2v) is 8.89. The highest BCUT2D eigenvalue weighted by atomic mass is 19.1. The van der Waals surface area contributed by atoms with Crippen molar-refractivity contribution in [1.82, 2.24) is 9.55 Å². The van der Waals surface area contributed by atoms with Crippen molar-refractivity contribution < 1.29 is 23.3 Å². The van der Waals surface area contributed by atoms with E-state index >= 15 is 0 Å². The summed E-state index contributed by atoms with van der Waals surface area (Å²) in [5.74, 6) is 0.560. The molecular formula is C29H29FN2O4. The predicted molar refractivity (Wildman–Crippen MR) is 134 cm³/mol. The largest absolute Gasteiger partial charge is 0.497 e. The SMILES string of the molecule is COc1ccc(-c2ccc(OCC3COC(CCc4ccc(F)cc4)(Cn4ccnc4)O3)cc2)cc1. The van der Waals surface area contributed by atoms with Crippen molar-refractivity contribution >= 4 is 0 Å². The number of rotatable bonds is 10. The topological polar surface area (TPSA) is 54.7 Å². The van der Waals surface area contributed by atoms with Gasteiger partial charge in [0, 0.05) is 18.8 Å². The lowest BCUT2D eigenvalue weighted by atomic mass is 10.0. The van der Waals surface area contributed by atoms with Gasteiger partial charge in [0.1, 0.15) is 30.0 Å². The van der Waals surface area contributed by atoms with Crippen LogP contribution in [0.5, 0.6) is 11.5 Å². The van der Waals surface area contributed by atoms with Gasteiger partial charge in [-0.3, -0.25) is 0 Å². The van der Waals surface area contributed by atoms with Crippen molar-refractivity contribution in [2.75, 3.05) is 20.3 Å². The summed E-state index contributed by atoms with van der Waals surface area (Å²) in [6.45, 7) is 1.33. The van der Waals surface area contributed by atoms with Gasteiger partial charge in [0.2, 0.25) is 0 Å². The third-order valence-electron chi connectivity index (χ3n) is 6.32. The van der Waals surface area contributed by atoms with Crippen LogP contribution in [0, 0.1) is 5.82 Å². The van der Waals surface area contributed by atoms with Crippen LogP contribution in [-0.2, 0) is 22.4 Å². The third-order valence-corrected chi connectivity index (χ3v) is 6.32. The maximum atomic E-state index is 13.3. The van der Waals surface area contributed by atoms with Crippen molar-refractivity contribution in [2.24, 2.45) is 0 Å². The first-order valence-corrected chi connectivity index (χ1v) is 12.0. The standard InChI is InChI=1S/C29H29FN2O4/c1-33-26-10-4-23(5-11-26)24-6-12-27(13-7-24)34-18-28-19-35-29(36-28,20-32-17-16-31-21-32)15-14-22-2-8-25(30)9-3-22/h2-13,16-17,21,28H,14-15,18-20H2,1H3. The fraction of sp³-hybridized carbons (Fsp3) is 0.276. The number of nitrogens with zero attached hydrogens (tertiary/aromatic N) is 2. The lowest BCUT2D eigenvalue weighted by Gasteiger charge is -2.28. The first-order valence-electron chi connectivity index (χ1n) is 12.0. The molecule has 3 aromatic carbocycles. The molecule has 0 spiro atoms. The van der Waals surface area contributed by atoms with Gasteiger partial charge in [-0.15, -0.1) is 0 Å². The van der Waals surface area contributed by atoms with E-state index in [1.807, 2.05) is 59.3 Å². The van der Waals surface area contributed by atoms with E-state index in [2.05, 4.69) is 4.98 Å². The molecule has 1 aromatic heterocycles. The van der Waals surface area contributed by atoms with E-state index in [0.717, 1.165) is 28.2 Å². The van der Waals surface area contributed by atoms with E-state index in [1.165, 1.54) is 12.1 Å². The van der Waals surface area contributed by atoms with Crippen LogP contribution in [0.15, 0.2) is 91.5 Å². The number of benzene rings is 3. The Morgan fingerprint density at radius 2 is 1.67 bits per heavy atom. The minimum absolute atomic E-state index is 0.206. The molecule has 1 fully saturated rings. The molecule has 2 unspecified atom stereocenters. The second-order valence-electron chi connectivity index (χ2n) is 8.89. The summed E-state index contributed by atoms with van der Waals surface area (Å²) in [6.07, 6.45) is 6.50. The van der Waals surface area contributed by atoms with Crippen LogP contribution in [0.2, 0.25) is 0 Å². The van der Waals surface area contributed by atoms with Gasteiger partial charge in [-0.05, 0) is 59.5 Å². The summed E-state index contributed by atoms with van der Waals surface area (Å²) in [7, 11) is 1.66. The average Bonchev–Trinajstić information content (AvgIpc) is 3.58. The maximum Gasteiger partial charge on any atom is 0.187 e. The average molecular weight is 489 g/mol. The van der Waals surface area contributed by atoms with Crippen LogP contribution in [0.1, 0.15) is 12.0 Å². The summed E-state index contributed by atoms with van der Waals surface area (Å²) >= 11 is 0. The van der Waals surface area contributed by atoms with Crippen molar-refractivity contribution in [3.05, 3.63) is 103 Å². The zero-order chi connectivity index (χ0) is 24.8. The monoisotopic (exact) mass is 488 g/mol. The highest BCUT2D eigenvalue weighted by molar-refractivity contribution is 5.64. The Morgan fingerprint density at radius 1 is 0.972 bits per heavy atom. The van der Waals surface area contributed by atoms with E-state index in [0.29, 0.717) is 32.6 Å². The van der Waals surface area contributed by atoms with Crippen molar-refractivity contribution in [2.45, 2.75) is 31.3 Å². The molecule has 0 radical (unpaired) electrons. The van der Waals surface area contributed by atoms with Crippen molar-refractivity contribution in [3.8, 4) is 22.6 Å². The summed E-state index contributed by atoms with van der Waals surface area (Å²) in [5, 5.41) is 0. The first-order chi connectivity index (χ1) is 17.6. The summed E-state index contributed by atoms with van der Waals surface area (Å²) in [6, 6.07) is 22.5. The van der Waals surface area contributed by atoms with Gasteiger partial charge in [0.25, 0.3) is 0 Å². The van der Waals surface area contributed by atoms with Crippen LogP contribution in [0.3, 0.4) is 0 Å². The van der Waals surface area contributed by atoms with E-state index < -0.39 is 5.79 Å². The molecule has 6 nitrogen and oxygen atoms in total. The molecule has 2 heterocycles. The Morgan fingerprint density at radius 3 is 2.31 bits per heavy atom. The fourth-order valence-corrected chi connectivity index (χ4v) is 4.35. The zero-order valence-corrected chi connectivity index (χ0v) is 20.2. The normalized spacial score (nSPS) is 19.3. The number of hydrogen-bond acceptors (Lipinski definition) is 5. The lowest BCUT2D eigenvalue weighted by Crippen LogP contribution is -2.37. The Kier molecular flexibility index (Phi) is 7.30. The number of methoxy groups -OCH3 is 1. The molecule has 0 bridgehead atoms. The molecule has 7 heteroatoms. The molecule has 1 aliphatic rings. The van der Waals surface area contributed by atoms with E-state index in [9.17, 15) is 4.39 Å². The lowest BCUT2D eigenvalue weighted by molar-refractivity contribution is -0.184. The van der Waals surface area contributed by atoms with Crippen LogP contribution < -0.4 is 9.47 Å². The molecule has 0 N–H and O–H groups in total. The van der Waals surface area contributed by atoms with Gasteiger partial charge in [0.05, 0.1) is 26.6 Å². The molecule has 2 atom stereocenters. The van der Waals surface area contributed by atoms with Gasteiger partial charge in [0.15, 0.2) is 5.79 Å². The summed E-state index contributed by atoms with van der Waals surface area (Å²) in [4.78, 5) is 4.14. The van der Waals surface area contributed by atoms with Crippen LogP contribution in [-0.4, -0.2) is 41.8 Å². The van der Waals surface area contributed by atoms with Crippen molar-refractivity contribution in [1.29, 1.82) is 0 Å². The van der Waals surface area contributed by atoms with Crippen LogP contribution >= 0.6 is 0 Å². The molecule has 186 valence electrons. The van der Waals surface area contributed by atoms with Gasteiger partial charge in [-0.1, -0.05) is 36.4 Å². The number of halogens is 1. The number of aromatic nitrogens is 2. The smallest absolute Gasteiger partial charge is 0.187 e. The molecule has 0 aliphatic carbocycles. The van der Waals surface area contributed by atoms with Gasteiger partial charge in [-0.25, -0.2) is 9.37 Å². The Labute approximate surface area is 210 Å². The van der Waals surface area contributed by atoms with Crippen molar-refractivity contribution in [3.63, 3.8) is 0 Å². The number of ether oxygens (including phenoxy) is 4. The fourth-order valence-electron chi connectivity index (χ4n) is 4.35. The minimum Gasteiger partial charge on any atom is -0.497 e. The molecule has 1 saturated heterocycles. The quantitative estimate of drug-likeness (QED) is 0.294. The van der Waals surface area contributed by atoms with E-state index in [1.54, 1.807) is 31.8 Å². The number of imidazole rings is 1. The molecule has 4 aromatic rings. The molecule has 0 amide bonds. The van der Waals surface area contributed by atoms with Crippen LogP contribution in [0.4, 0.5) is 4.39 Å². The van der Waals surface area contributed by atoms with E-state index in [4.69, 9.17) is 18.9 Å². The molecule has 36 heavy (non-hydrogen) atoms. The highest BCUT2D eigenvalue weighted by Crippen LogP contribution is 2.32. The Balaban J connectivity index is 1.19. The summed E-state index contributed by atoms with van der Waals surface area (Å²) < 4.78 is 39.1. The number of aryl methyl sites for hydroxylation is 1. The zero-order valence-electron chi connectivity index (χ0n) is 20.2. The van der Waals surface area contributed by atoms with E-state index in [-0.39, 0.29) is 11.9 Å². The van der Waals surface area contributed by atoms with Gasteiger partial charge < -0.3 is 23.5 Å². The van der Waals surface area contributed by atoms with Gasteiger partial charge in [-0.2, -0.15) is 0 Å². The first kappa shape index (κ1) is 24.0. The van der Waals surface area contributed by atoms with Crippen LogP contribution in [0.25, 0.3) is 11.1 Å². The second kappa shape index (κ2) is 10.9. The summed E-state index contributed by atoms with van der Waals surface area (Å²) in [5.41, 5.74) is 3.25. The maximum absolute atomic E-state index is 13.3. The molecule has 0 saturated carbocycles. The highest BCUT2D eigenvalue weighted by Gasteiger charge is 2.42. The number of hydrogen-bond donors (Lipinski definition) is 0. The third kappa shape index (κ3) is 5.93. The Hall–Kier alpha value is -3.68. The Bertz CT molecular complexity index is 1230. The van der Waals surface area contributed by atoms with Gasteiger partial charge >= 0.3 is 0 Å². The molecule has 1 aliphatic heterocycles. The molecular weight excluding hydrogens is 459 g/mol. The predicted octanol–water partition coefficient (Wildman–Crippen LogP) is 5.52. The molecule has 5 rings (SSSR count). The minimum atomic E-state index is -0.804.